The first-order valence-electron chi connectivity index (χ1n) is 4.13. The minimum absolute atomic E-state index is 0.0969. The molecule has 0 radical (unpaired) electrons. The largest absolute Gasteiger partial charge is 0.392 e. The standard InChI is InChI=1S/C8H15BrO/c9-7-5-3-1-2-4-6-8(7)10/h7-8,10H,1-6H2/t7-,8-/m1/s1. The molecule has 1 aliphatic carbocycles. The van der Waals surface area contributed by atoms with Crippen molar-refractivity contribution in [3.05, 3.63) is 0 Å². The van der Waals surface area contributed by atoms with Crippen LogP contribution in [0.25, 0.3) is 0 Å². The number of hydrogen-bond acceptors (Lipinski definition) is 1. The molecule has 0 aromatic rings. The average molecular weight is 207 g/mol. The Kier molecular flexibility index (Phi) is 3.71. The van der Waals surface area contributed by atoms with Crippen LogP contribution in [-0.2, 0) is 0 Å². The van der Waals surface area contributed by atoms with Gasteiger partial charge in [-0.1, -0.05) is 41.6 Å². The third-order valence-electron chi connectivity index (χ3n) is 2.15. The molecule has 2 heteroatoms. The van der Waals surface area contributed by atoms with Gasteiger partial charge in [0.2, 0.25) is 0 Å². The van der Waals surface area contributed by atoms with E-state index in [0.717, 1.165) is 12.8 Å². The maximum Gasteiger partial charge on any atom is 0.0665 e. The van der Waals surface area contributed by atoms with Gasteiger partial charge in [-0.15, -0.1) is 0 Å². The Balaban J connectivity index is 2.28. The molecule has 0 saturated heterocycles. The highest BCUT2D eigenvalue weighted by Crippen LogP contribution is 2.22. The Bertz CT molecular complexity index is 83.3. The van der Waals surface area contributed by atoms with E-state index in [-0.39, 0.29) is 6.10 Å². The van der Waals surface area contributed by atoms with E-state index in [1.54, 1.807) is 0 Å². The van der Waals surface area contributed by atoms with Crippen molar-refractivity contribution in [2.45, 2.75) is 49.5 Å². The van der Waals surface area contributed by atoms with Crippen molar-refractivity contribution in [3.8, 4) is 0 Å². The highest BCUT2D eigenvalue weighted by Gasteiger charge is 2.16. The van der Waals surface area contributed by atoms with Crippen LogP contribution in [0.3, 0.4) is 0 Å². The van der Waals surface area contributed by atoms with E-state index in [1.165, 1.54) is 25.7 Å². The fourth-order valence-corrected chi connectivity index (χ4v) is 2.01. The summed E-state index contributed by atoms with van der Waals surface area (Å²) < 4.78 is 0. The lowest BCUT2D eigenvalue weighted by molar-refractivity contribution is 0.150. The van der Waals surface area contributed by atoms with Gasteiger partial charge in [0.05, 0.1) is 6.10 Å². The Morgan fingerprint density at radius 1 is 1.00 bits per heavy atom. The van der Waals surface area contributed by atoms with Gasteiger partial charge in [0.15, 0.2) is 0 Å². The van der Waals surface area contributed by atoms with Gasteiger partial charge in [0.25, 0.3) is 0 Å². The summed E-state index contributed by atoms with van der Waals surface area (Å²) in [5, 5.41) is 9.44. The van der Waals surface area contributed by atoms with Crippen molar-refractivity contribution >= 4 is 15.9 Å². The summed E-state index contributed by atoms with van der Waals surface area (Å²) in [5.41, 5.74) is 0. The van der Waals surface area contributed by atoms with Crippen LogP contribution in [0, 0.1) is 0 Å². The monoisotopic (exact) mass is 206 g/mol. The summed E-state index contributed by atoms with van der Waals surface area (Å²) >= 11 is 3.49. The molecule has 10 heavy (non-hydrogen) atoms. The zero-order valence-corrected chi connectivity index (χ0v) is 7.81. The van der Waals surface area contributed by atoms with E-state index in [2.05, 4.69) is 15.9 Å². The number of alkyl halides is 1. The Labute approximate surface area is 70.9 Å². The highest BCUT2D eigenvalue weighted by atomic mass is 79.9. The lowest BCUT2D eigenvalue weighted by atomic mass is 9.99. The minimum Gasteiger partial charge on any atom is -0.392 e. The van der Waals surface area contributed by atoms with Crippen molar-refractivity contribution in [3.63, 3.8) is 0 Å². The molecule has 0 heterocycles. The third kappa shape index (κ3) is 2.59. The van der Waals surface area contributed by atoms with E-state index in [4.69, 9.17) is 0 Å². The third-order valence-corrected chi connectivity index (χ3v) is 3.22. The van der Waals surface area contributed by atoms with Crippen LogP contribution in [0.15, 0.2) is 0 Å². The van der Waals surface area contributed by atoms with Crippen molar-refractivity contribution in [2.75, 3.05) is 0 Å². The molecule has 1 nitrogen and oxygen atoms in total. The number of aliphatic hydroxyl groups excluding tert-OH is 1. The van der Waals surface area contributed by atoms with Crippen LogP contribution in [-0.4, -0.2) is 16.0 Å². The molecule has 1 saturated carbocycles. The molecule has 0 aliphatic heterocycles. The lowest BCUT2D eigenvalue weighted by Crippen LogP contribution is -2.21. The average Bonchev–Trinajstić information content (AvgIpc) is 1.92. The highest BCUT2D eigenvalue weighted by molar-refractivity contribution is 9.09. The molecule has 60 valence electrons. The quantitative estimate of drug-likeness (QED) is 0.605. The molecule has 0 aromatic carbocycles. The van der Waals surface area contributed by atoms with E-state index >= 15 is 0 Å². The summed E-state index contributed by atoms with van der Waals surface area (Å²) in [6.45, 7) is 0. The molecule has 1 rings (SSSR count). The lowest BCUT2D eigenvalue weighted by Gasteiger charge is -2.19. The zero-order valence-electron chi connectivity index (χ0n) is 6.22. The van der Waals surface area contributed by atoms with Crippen LogP contribution in [0.1, 0.15) is 38.5 Å². The smallest absolute Gasteiger partial charge is 0.0665 e. The molecule has 1 fully saturated rings. The van der Waals surface area contributed by atoms with Crippen molar-refractivity contribution in [1.82, 2.24) is 0 Å². The maximum absolute atomic E-state index is 9.44. The maximum atomic E-state index is 9.44. The molecule has 0 unspecified atom stereocenters. The fourth-order valence-electron chi connectivity index (χ4n) is 1.42. The molecule has 0 amide bonds. The van der Waals surface area contributed by atoms with Gasteiger partial charge in [0.1, 0.15) is 0 Å². The van der Waals surface area contributed by atoms with Crippen molar-refractivity contribution < 1.29 is 5.11 Å². The summed E-state index contributed by atoms with van der Waals surface area (Å²) in [4.78, 5) is 0.354. The molecular weight excluding hydrogens is 192 g/mol. The van der Waals surface area contributed by atoms with Crippen LogP contribution < -0.4 is 0 Å². The summed E-state index contributed by atoms with van der Waals surface area (Å²) in [7, 11) is 0. The Hall–Kier alpha value is 0.440. The van der Waals surface area contributed by atoms with Crippen LogP contribution in [0.2, 0.25) is 0 Å². The minimum atomic E-state index is -0.0969. The Morgan fingerprint density at radius 3 is 2.30 bits per heavy atom. The first-order chi connectivity index (χ1) is 4.80. The van der Waals surface area contributed by atoms with Crippen LogP contribution >= 0.6 is 15.9 Å². The van der Waals surface area contributed by atoms with Crippen LogP contribution in [0.5, 0.6) is 0 Å². The topological polar surface area (TPSA) is 20.2 Å². The number of hydrogen-bond donors (Lipinski definition) is 1. The van der Waals surface area contributed by atoms with Gasteiger partial charge in [0, 0.05) is 4.83 Å². The summed E-state index contributed by atoms with van der Waals surface area (Å²) in [6, 6.07) is 0. The van der Waals surface area contributed by atoms with Gasteiger partial charge in [-0.3, -0.25) is 0 Å². The SMILES string of the molecule is O[C@@H]1CCCCCC[C@H]1Br. The first kappa shape index (κ1) is 8.54. The predicted molar refractivity (Wildman–Crippen MR) is 46.4 cm³/mol. The number of halogens is 1. The normalized spacial score (nSPS) is 36.6. The molecule has 1 aliphatic rings. The van der Waals surface area contributed by atoms with Gasteiger partial charge in [-0.2, -0.15) is 0 Å². The van der Waals surface area contributed by atoms with E-state index in [9.17, 15) is 5.11 Å². The second-order valence-corrected chi connectivity index (χ2v) is 4.25. The number of rotatable bonds is 0. The van der Waals surface area contributed by atoms with Crippen molar-refractivity contribution in [2.24, 2.45) is 0 Å². The summed E-state index contributed by atoms with van der Waals surface area (Å²) in [5.74, 6) is 0. The first-order valence-corrected chi connectivity index (χ1v) is 5.04. The van der Waals surface area contributed by atoms with Gasteiger partial charge in [-0.05, 0) is 12.8 Å². The van der Waals surface area contributed by atoms with E-state index in [0.29, 0.717) is 4.83 Å². The fraction of sp³-hybridized carbons (Fsp3) is 1.00. The molecule has 0 aromatic heterocycles. The molecule has 1 N–H and O–H groups in total. The molecule has 0 spiro atoms. The number of aliphatic hydroxyl groups is 1. The second kappa shape index (κ2) is 4.35. The Morgan fingerprint density at radius 2 is 1.60 bits per heavy atom. The predicted octanol–water partition coefficient (Wildman–Crippen LogP) is 2.47. The van der Waals surface area contributed by atoms with E-state index < -0.39 is 0 Å². The molecular formula is C8H15BrO. The van der Waals surface area contributed by atoms with Crippen LogP contribution in [0.4, 0.5) is 0 Å². The zero-order chi connectivity index (χ0) is 7.40. The van der Waals surface area contributed by atoms with Gasteiger partial charge < -0.3 is 5.11 Å². The van der Waals surface area contributed by atoms with Gasteiger partial charge >= 0.3 is 0 Å². The molecule has 0 bridgehead atoms. The second-order valence-electron chi connectivity index (χ2n) is 3.07. The van der Waals surface area contributed by atoms with Crippen molar-refractivity contribution in [1.29, 1.82) is 0 Å². The summed E-state index contributed by atoms with van der Waals surface area (Å²) in [6.07, 6.45) is 7.14. The van der Waals surface area contributed by atoms with Gasteiger partial charge in [-0.25, -0.2) is 0 Å². The molecule has 2 atom stereocenters. The van der Waals surface area contributed by atoms with E-state index in [1.807, 2.05) is 0 Å².